The van der Waals surface area contributed by atoms with E-state index in [1.54, 1.807) is 19.1 Å². The number of morpholine rings is 1. The summed E-state index contributed by atoms with van der Waals surface area (Å²) in [7, 11) is -3.63. The number of ether oxygens (including phenoxy) is 2. The third-order valence-corrected chi connectivity index (χ3v) is 9.52. The molecule has 4 rings (SSSR count). The Bertz CT molecular complexity index is 1310. The van der Waals surface area contributed by atoms with Crippen molar-refractivity contribution < 1.29 is 27.5 Å². The molecule has 11 heteroatoms. The maximum absolute atomic E-state index is 13.4. The molecule has 0 radical (unpaired) electrons. The number of allylic oxidation sites excluding steroid dienone is 1. The highest BCUT2D eigenvalue weighted by atomic mass is 35.5. The van der Waals surface area contributed by atoms with Crippen LogP contribution < -0.4 is 10.1 Å². The molecule has 2 aliphatic rings. The van der Waals surface area contributed by atoms with Crippen LogP contribution in [0.4, 0.5) is 0 Å². The van der Waals surface area contributed by atoms with Crippen LogP contribution in [0.1, 0.15) is 44.6 Å². The summed E-state index contributed by atoms with van der Waals surface area (Å²) >= 11 is 6.03. The van der Waals surface area contributed by atoms with E-state index < -0.39 is 16.1 Å². The van der Waals surface area contributed by atoms with Gasteiger partial charge in [0.25, 0.3) is 5.91 Å². The minimum absolute atomic E-state index is 0.150. The molecule has 2 aromatic carbocycles. The van der Waals surface area contributed by atoms with Crippen LogP contribution in [0.5, 0.6) is 5.75 Å². The Morgan fingerprint density at radius 3 is 2.44 bits per heavy atom. The lowest BCUT2D eigenvalue weighted by molar-refractivity contribution is -0.142. The van der Waals surface area contributed by atoms with Gasteiger partial charge in [0.2, 0.25) is 15.9 Å². The second-order valence-electron chi connectivity index (χ2n) is 10.2. The van der Waals surface area contributed by atoms with Crippen molar-refractivity contribution in [1.29, 1.82) is 0 Å². The van der Waals surface area contributed by atoms with Gasteiger partial charge in [0.05, 0.1) is 18.1 Å². The quantitative estimate of drug-likeness (QED) is 0.365. The highest BCUT2D eigenvalue weighted by Gasteiger charge is 2.28. The van der Waals surface area contributed by atoms with Crippen LogP contribution in [0, 0.1) is 0 Å². The Balaban J connectivity index is 1.38. The monoisotopic (exact) mass is 603 g/mol. The van der Waals surface area contributed by atoms with Gasteiger partial charge >= 0.3 is 0 Å². The SMILES string of the molecule is C[C@@H](C(=O)NCCC1=CCCCC1)N(Cc1ccc(Cl)cc1)C(=O)COc1ccc(S(=O)(=O)N2CCOCC2)cc1. The summed E-state index contributed by atoms with van der Waals surface area (Å²) in [6.45, 7) is 3.46. The number of hydrogen-bond donors (Lipinski definition) is 1. The van der Waals surface area contributed by atoms with Gasteiger partial charge in [-0.25, -0.2) is 8.42 Å². The lowest BCUT2D eigenvalue weighted by atomic mass is 9.97. The number of amides is 2. The highest BCUT2D eigenvalue weighted by Crippen LogP contribution is 2.22. The van der Waals surface area contributed by atoms with Crippen LogP contribution in [-0.2, 0) is 30.9 Å². The number of carbonyl (C=O) groups excluding carboxylic acids is 2. The van der Waals surface area contributed by atoms with Crippen LogP contribution in [0.3, 0.4) is 0 Å². The first-order valence-corrected chi connectivity index (χ1v) is 15.9. The minimum Gasteiger partial charge on any atom is -0.484 e. The van der Waals surface area contributed by atoms with Crippen molar-refractivity contribution in [3.63, 3.8) is 0 Å². The third kappa shape index (κ3) is 8.78. The lowest BCUT2D eigenvalue weighted by Crippen LogP contribution is -2.49. The number of benzene rings is 2. The predicted octanol–water partition coefficient (Wildman–Crippen LogP) is 4.16. The summed E-state index contributed by atoms with van der Waals surface area (Å²) in [5.74, 6) is -0.257. The van der Waals surface area contributed by atoms with Crippen LogP contribution in [0.2, 0.25) is 5.02 Å². The maximum Gasteiger partial charge on any atom is 0.261 e. The predicted molar refractivity (Wildman–Crippen MR) is 157 cm³/mol. The Hall–Kier alpha value is -2.92. The average molecular weight is 604 g/mol. The van der Waals surface area contributed by atoms with Crippen molar-refractivity contribution in [1.82, 2.24) is 14.5 Å². The Labute approximate surface area is 247 Å². The van der Waals surface area contributed by atoms with Crippen molar-refractivity contribution >= 4 is 33.4 Å². The Morgan fingerprint density at radius 2 is 1.78 bits per heavy atom. The molecule has 0 aromatic heterocycles. The van der Waals surface area contributed by atoms with Crippen LogP contribution in [0.25, 0.3) is 0 Å². The van der Waals surface area contributed by atoms with E-state index in [1.807, 2.05) is 12.1 Å². The zero-order chi connectivity index (χ0) is 29.2. The van der Waals surface area contributed by atoms with E-state index in [2.05, 4.69) is 11.4 Å². The molecule has 0 spiro atoms. The number of hydrogen-bond acceptors (Lipinski definition) is 6. The average Bonchev–Trinajstić information content (AvgIpc) is 3.00. The van der Waals surface area contributed by atoms with Gasteiger partial charge in [-0.3, -0.25) is 9.59 Å². The number of carbonyl (C=O) groups is 2. The van der Waals surface area contributed by atoms with E-state index >= 15 is 0 Å². The largest absolute Gasteiger partial charge is 0.484 e. The van der Waals surface area contributed by atoms with Crippen LogP contribution in [-0.4, -0.2) is 74.9 Å². The van der Waals surface area contributed by atoms with Crippen molar-refractivity contribution in [2.24, 2.45) is 0 Å². The lowest BCUT2D eigenvalue weighted by Gasteiger charge is -2.29. The first-order chi connectivity index (χ1) is 19.7. The van der Waals surface area contributed by atoms with Crippen LogP contribution in [0.15, 0.2) is 65.1 Å². The molecule has 1 saturated heterocycles. The molecule has 1 aliphatic heterocycles. The fourth-order valence-corrected chi connectivity index (χ4v) is 6.40. The molecule has 1 heterocycles. The molecule has 1 atom stereocenters. The molecule has 2 aromatic rings. The first-order valence-electron chi connectivity index (χ1n) is 14.0. The molecule has 1 aliphatic carbocycles. The van der Waals surface area contributed by atoms with E-state index in [0.29, 0.717) is 43.6 Å². The molecule has 41 heavy (non-hydrogen) atoms. The summed E-state index contributed by atoms with van der Waals surface area (Å²) in [5, 5.41) is 3.56. The van der Waals surface area contributed by atoms with Crippen molar-refractivity contribution in [3.8, 4) is 5.75 Å². The van der Waals surface area contributed by atoms with Gasteiger partial charge in [0, 0.05) is 31.2 Å². The fourth-order valence-electron chi connectivity index (χ4n) is 4.87. The van der Waals surface area contributed by atoms with Gasteiger partial charge in [0.1, 0.15) is 11.8 Å². The normalized spacial score (nSPS) is 16.9. The van der Waals surface area contributed by atoms with E-state index in [0.717, 1.165) is 24.8 Å². The molecule has 222 valence electrons. The molecule has 9 nitrogen and oxygen atoms in total. The summed E-state index contributed by atoms with van der Waals surface area (Å²) in [6, 6.07) is 12.4. The summed E-state index contributed by atoms with van der Waals surface area (Å²) < 4.78 is 38.1. The van der Waals surface area contributed by atoms with E-state index in [-0.39, 0.29) is 29.9 Å². The Morgan fingerprint density at radius 1 is 1.07 bits per heavy atom. The van der Waals surface area contributed by atoms with Crippen molar-refractivity contribution in [2.75, 3.05) is 39.5 Å². The molecule has 1 fully saturated rings. The standard InChI is InChI=1S/C30H38ClN3O6S/c1-23(30(36)32-16-15-24-5-3-2-4-6-24)34(21-25-7-9-26(31)10-8-25)29(35)22-40-27-11-13-28(14-12-27)41(37,38)33-17-19-39-20-18-33/h5,7-14,23H,2-4,6,15-22H2,1H3,(H,32,36)/t23-/m0/s1. The van der Waals surface area contributed by atoms with Gasteiger partial charge < -0.3 is 19.7 Å². The van der Waals surface area contributed by atoms with E-state index in [9.17, 15) is 18.0 Å². The fraction of sp³-hybridized carbons (Fsp3) is 0.467. The van der Waals surface area contributed by atoms with Crippen molar-refractivity contribution in [2.45, 2.75) is 56.5 Å². The maximum atomic E-state index is 13.4. The zero-order valence-corrected chi connectivity index (χ0v) is 25.0. The van der Waals surface area contributed by atoms with E-state index in [4.69, 9.17) is 21.1 Å². The number of halogens is 1. The molecular weight excluding hydrogens is 566 g/mol. The van der Waals surface area contributed by atoms with Crippen molar-refractivity contribution in [3.05, 3.63) is 70.8 Å². The van der Waals surface area contributed by atoms with Gasteiger partial charge in [-0.1, -0.05) is 35.4 Å². The van der Waals surface area contributed by atoms with Gasteiger partial charge in [-0.2, -0.15) is 4.31 Å². The Kier molecular flexibility index (Phi) is 11.2. The second-order valence-corrected chi connectivity index (χ2v) is 12.6. The molecule has 0 saturated carbocycles. The molecular formula is C30H38ClN3O6S. The third-order valence-electron chi connectivity index (χ3n) is 7.36. The zero-order valence-electron chi connectivity index (χ0n) is 23.4. The number of sulfonamides is 1. The van der Waals surface area contributed by atoms with Gasteiger partial charge in [-0.15, -0.1) is 0 Å². The van der Waals surface area contributed by atoms with Gasteiger partial charge in [0.15, 0.2) is 6.61 Å². The summed E-state index contributed by atoms with van der Waals surface area (Å²) in [5.41, 5.74) is 2.20. The highest BCUT2D eigenvalue weighted by molar-refractivity contribution is 7.89. The smallest absolute Gasteiger partial charge is 0.261 e. The first kappa shape index (κ1) is 31.0. The number of nitrogens with one attached hydrogen (secondary N) is 1. The molecule has 0 unspecified atom stereocenters. The second kappa shape index (κ2) is 14.8. The number of rotatable bonds is 12. The minimum atomic E-state index is -3.63. The van der Waals surface area contributed by atoms with Gasteiger partial charge in [-0.05, 0) is 81.0 Å². The summed E-state index contributed by atoms with van der Waals surface area (Å²) in [6.07, 6.45) is 7.64. The molecule has 1 N–H and O–H groups in total. The van der Waals surface area contributed by atoms with E-state index in [1.165, 1.54) is 51.9 Å². The molecule has 2 amide bonds. The summed E-state index contributed by atoms with van der Waals surface area (Å²) in [4.78, 5) is 28.0. The molecule has 0 bridgehead atoms. The topological polar surface area (TPSA) is 105 Å². The van der Waals surface area contributed by atoms with Crippen LogP contribution >= 0.6 is 11.6 Å². The number of nitrogens with zero attached hydrogens (tertiary/aromatic N) is 2.